The summed E-state index contributed by atoms with van der Waals surface area (Å²) in [4.78, 5) is 13.6. The van der Waals surface area contributed by atoms with Gasteiger partial charge in [-0.1, -0.05) is 13.3 Å². The van der Waals surface area contributed by atoms with Gasteiger partial charge in [-0.05, 0) is 24.6 Å². The number of oxazole rings is 1. The van der Waals surface area contributed by atoms with Crippen molar-refractivity contribution < 1.29 is 12.8 Å². The van der Waals surface area contributed by atoms with Crippen LogP contribution in [0.25, 0.3) is 11.1 Å². The fraction of sp³-hybridized carbons (Fsp3) is 0.417. The number of hydrogen-bond acceptors (Lipinski definition) is 4. The lowest BCUT2D eigenvalue weighted by Crippen LogP contribution is -2.27. The van der Waals surface area contributed by atoms with Gasteiger partial charge in [0.15, 0.2) is 5.58 Å². The van der Waals surface area contributed by atoms with Crippen molar-refractivity contribution >= 4 is 21.1 Å². The molecule has 1 aromatic heterocycles. The molecule has 0 bridgehead atoms. The Balaban J connectivity index is 2.39. The first kappa shape index (κ1) is 13.8. The highest BCUT2D eigenvalue weighted by molar-refractivity contribution is 7.89. The summed E-state index contributed by atoms with van der Waals surface area (Å²) >= 11 is 0. The second-order valence-electron chi connectivity index (χ2n) is 4.35. The Kier molecular flexibility index (Phi) is 3.77. The molecule has 0 unspecified atom stereocenters. The molecule has 0 aliphatic heterocycles. The van der Waals surface area contributed by atoms with Gasteiger partial charge in [0.2, 0.25) is 10.0 Å². The predicted molar refractivity (Wildman–Crippen MR) is 71.6 cm³/mol. The highest BCUT2D eigenvalue weighted by Crippen LogP contribution is 2.19. The van der Waals surface area contributed by atoms with E-state index in [0.717, 1.165) is 12.8 Å². The number of H-pyrrole nitrogens is 1. The maximum absolute atomic E-state index is 12.3. The van der Waals surface area contributed by atoms with E-state index in [1.165, 1.54) is 22.5 Å². The number of aromatic nitrogens is 1. The van der Waals surface area contributed by atoms with Crippen molar-refractivity contribution in [3.63, 3.8) is 0 Å². The second-order valence-corrected chi connectivity index (χ2v) is 6.40. The van der Waals surface area contributed by atoms with Crippen LogP contribution in [0.3, 0.4) is 0 Å². The third-order valence-corrected chi connectivity index (χ3v) is 4.78. The SMILES string of the molecule is CCCCN(C)S(=O)(=O)c1ccc2oc(=O)[nH]c2c1. The van der Waals surface area contributed by atoms with Crippen LogP contribution in [-0.2, 0) is 10.0 Å². The predicted octanol–water partition coefficient (Wildman–Crippen LogP) is 1.54. The van der Waals surface area contributed by atoms with E-state index in [1.807, 2.05) is 6.92 Å². The van der Waals surface area contributed by atoms with Crippen molar-refractivity contribution in [2.75, 3.05) is 13.6 Å². The highest BCUT2D eigenvalue weighted by atomic mass is 32.2. The molecule has 1 heterocycles. The van der Waals surface area contributed by atoms with Crippen LogP contribution in [0, 0.1) is 0 Å². The topological polar surface area (TPSA) is 83.4 Å². The molecule has 0 amide bonds. The van der Waals surface area contributed by atoms with Gasteiger partial charge in [-0.15, -0.1) is 0 Å². The summed E-state index contributed by atoms with van der Waals surface area (Å²) in [7, 11) is -1.97. The zero-order chi connectivity index (χ0) is 14.0. The maximum Gasteiger partial charge on any atom is 0.417 e. The first-order valence-electron chi connectivity index (χ1n) is 6.04. The first-order chi connectivity index (χ1) is 8.95. The number of rotatable bonds is 5. The Morgan fingerprint density at radius 2 is 2.11 bits per heavy atom. The first-order valence-corrected chi connectivity index (χ1v) is 7.48. The summed E-state index contributed by atoms with van der Waals surface area (Å²) in [6.07, 6.45) is 1.73. The van der Waals surface area contributed by atoms with Crippen LogP contribution < -0.4 is 5.76 Å². The van der Waals surface area contributed by atoms with Crippen LogP contribution in [0.4, 0.5) is 0 Å². The van der Waals surface area contributed by atoms with Crippen molar-refractivity contribution in [1.29, 1.82) is 0 Å². The van der Waals surface area contributed by atoms with Crippen molar-refractivity contribution in [3.05, 3.63) is 28.7 Å². The van der Waals surface area contributed by atoms with Crippen LogP contribution in [0.2, 0.25) is 0 Å². The van der Waals surface area contributed by atoms with Gasteiger partial charge in [-0.25, -0.2) is 17.5 Å². The Morgan fingerprint density at radius 1 is 1.37 bits per heavy atom. The van der Waals surface area contributed by atoms with E-state index in [1.54, 1.807) is 7.05 Å². The number of aromatic amines is 1. The third kappa shape index (κ3) is 2.71. The van der Waals surface area contributed by atoms with Crippen LogP contribution in [-0.4, -0.2) is 31.3 Å². The summed E-state index contributed by atoms with van der Waals surface area (Å²) in [5, 5.41) is 0. The summed E-state index contributed by atoms with van der Waals surface area (Å²) in [6.45, 7) is 2.47. The van der Waals surface area contributed by atoms with Gasteiger partial charge in [-0.2, -0.15) is 0 Å². The van der Waals surface area contributed by atoms with E-state index in [0.29, 0.717) is 17.6 Å². The van der Waals surface area contributed by atoms with Gasteiger partial charge < -0.3 is 4.42 Å². The fourth-order valence-corrected chi connectivity index (χ4v) is 3.01. The Morgan fingerprint density at radius 3 is 2.79 bits per heavy atom. The van der Waals surface area contributed by atoms with E-state index in [-0.39, 0.29) is 4.90 Å². The molecule has 0 aliphatic rings. The number of nitrogens with zero attached hydrogens (tertiary/aromatic N) is 1. The van der Waals surface area contributed by atoms with Crippen molar-refractivity contribution in [1.82, 2.24) is 9.29 Å². The normalized spacial score (nSPS) is 12.4. The summed E-state index contributed by atoms with van der Waals surface area (Å²) < 4.78 is 30.7. The molecule has 1 aromatic carbocycles. The lowest BCUT2D eigenvalue weighted by atomic mass is 10.3. The molecule has 2 rings (SSSR count). The number of fused-ring (bicyclic) bond motifs is 1. The fourth-order valence-electron chi connectivity index (χ4n) is 1.77. The summed E-state index contributed by atoms with van der Waals surface area (Å²) in [6, 6.07) is 4.34. The third-order valence-electron chi connectivity index (χ3n) is 2.93. The lowest BCUT2D eigenvalue weighted by Gasteiger charge is -2.16. The van der Waals surface area contributed by atoms with Gasteiger partial charge in [0.05, 0.1) is 10.4 Å². The van der Waals surface area contributed by atoms with Crippen molar-refractivity contribution in [2.45, 2.75) is 24.7 Å². The van der Waals surface area contributed by atoms with E-state index in [2.05, 4.69) is 4.98 Å². The van der Waals surface area contributed by atoms with Crippen molar-refractivity contribution in [3.8, 4) is 0 Å². The average Bonchev–Trinajstić information content (AvgIpc) is 2.74. The monoisotopic (exact) mass is 284 g/mol. The molecule has 104 valence electrons. The highest BCUT2D eigenvalue weighted by Gasteiger charge is 2.21. The number of benzene rings is 1. The molecule has 0 saturated heterocycles. The number of hydrogen-bond donors (Lipinski definition) is 1. The molecule has 0 radical (unpaired) electrons. The van der Waals surface area contributed by atoms with Crippen molar-refractivity contribution in [2.24, 2.45) is 0 Å². The minimum Gasteiger partial charge on any atom is -0.408 e. The minimum absolute atomic E-state index is 0.149. The molecule has 2 aromatic rings. The molecule has 0 saturated carbocycles. The summed E-state index contributed by atoms with van der Waals surface area (Å²) in [5.74, 6) is -0.594. The summed E-state index contributed by atoms with van der Waals surface area (Å²) in [5.41, 5.74) is 0.732. The molecule has 19 heavy (non-hydrogen) atoms. The average molecular weight is 284 g/mol. The number of unbranched alkanes of at least 4 members (excludes halogenated alkanes) is 1. The van der Waals surface area contributed by atoms with E-state index >= 15 is 0 Å². The van der Waals surface area contributed by atoms with Crippen LogP contribution in [0.5, 0.6) is 0 Å². The molecule has 0 spiro atoms. The van der Waals surface area contributed by atoms with E-state index < -0.39 is 15.8 Å². The molecule has 0 aliphatic carbocycles. The Labute approximate surface area is 111 Å². The Bertz CT molecular complexity index is 730. The molecule has 0 fully saturated rings. The van der Waals surface area contributed by atoms with Gasteiger partial charge in [-0.3, -0.25) is 4.98 Å². The van der Waals surface area contributed by atoms with E-state index in [9.17, 15) is 13.2 Å². The van der Waals surface area contributed by atoms with Gasteiger partial charge in [0, 0.05) is 13.6 Å². The lowest BCUT2D eigenvalue weighted by molar-refractivity contribution is 0.459. The maximum atomic E-state index is 12.3. The smallest absolute Gasteiger partial charge is 0.408 e. The molecular weight excluding hydrogens is 268 g/mol. The molecular formula is C12H16N2O4S. The standard InChI is InChI=1S/C12H16N2O4S/c1-3-4-7-14(2)19(16,17)9-5-6-11-10(8-9)13-12(15)18-11/h5-6,8H,3-4,7H2,1-2H3,(H,13,15). The quantitative estimate of drug-likeness (QED) is 0.902. The van der Waals surface area contributed by atoms with E-state index in [4.69, 9.17) is 4.42 Å². The zero-order valence-electron chi connectivity index (χ0n) is 10.8. The second kappa shape index (κ2) is 5.18. The van der Waals surface area contributed by atoms with Gasteiger partial charge >= 0.3 is 5.76 Å². The Hall–Kier alpha value is -1.60. The molecule has 6 nitrogen and oxygen atoms in total. The van der Waals surface area contributed by atoms with Crippen LogP contribution in [0.15, 0.2) is 32.3 Å². The van der Waals surface area contributed by atoms with Gasteiger partial charge in [0.1, 0.15) is 0 Å². The van der Waals surface area contributed by atoms with Gasteiger partial charge in [0.25, 0.3) is 0 Å². The minimum atomic E-state index is -3.52. The number of nitrogens with one attached hydrogen (secondary N) is 1. The zero-order valence-corrected chi connectivity index (χ0v) is 11.7. The molecule has 7 heteroatoms. The number of sulfonamides is 1. The largest absolute Gasteiger partial charge is 0.417 e. The van der Waals surface area contributed by atoms with Crippen LogP contribution in [0.1, 0.15) is 19.8 Å². The van der Waals surface area contributed by atoms with Crippen LogP contribution >= 0.6 is 0 Å². The molecule has 0 atom stereocenters. The molecule has 1 N–H and O–H groups in total.